The molecule has 94 valence electrons. The minimum Gasteiger partial charge on any atom is -0.457 e. The molecule has 0 aliphatic heterocycles. The molecule has 1 aromatic carbocycles. The molecule has 2 rings (SSSR count). The second kappa shape index (κ2) is 4.96. The molecule has 1 heterocycles. The van der Waals surface area contributed by atoms with Crippen molar-refractivity contribution in [1.29, 1.82) is 0 Å². The van der Waals surface area contributed by atoms with Crippen LogP contribution in [0.15, 0.2) is 41.0 Å². The average Bonchev–Trinajstić information content (AvgIpc) is 2.76. The summed E-state index contributed by atoms with van der Waals surface area (Å²) in [6.07, 6.45) is 1.39. The predicted molar refractivity (Wildman–Crippen MR) is 71.6 cm³/mol. The number of anilines is 2. The van der Waals surface area contributed by atoms with Crippen LogP contribution in [-0.2, 0) is 0 Å². The smallest absolute Gasteiger partial charge is 0.293 e. The van der Waals surface area contributed by atoms with Crippen LogP contribution in [0.3, 0.4) is 0 Å². The molecule has 4 heteroatoms. The van der Waals surface area contributed by atoms with Gasteiger partial charge in [0, 0.05) is 11.8 Å². The van der Waals surface area contributed by atoms with Crippen LogP contribution in [-0.4, -0.2) is 5.91 Å². The van der Waals surface area contributed by atoms with E-state index in [0.717, 1.165) is 5.69 Å². The summed E-state index contributed by atoms with van der Waals surface area (Å²) in [4.78, 5) is 11.8. The maximum Gasteiger partial charge on any atom is 0.293 e. The van der Waals surface area contributed by atoms with Crippen LogP contribution in [0.5, 0.6) is 0 Å². The lowest BCUT2D eigenvalue weighted by Crippen LogP contribution is -2.12. The standard InChI is InChI=1S/C14H16N2O2/c1-9(2)10-3-5-11(6-4-10)16-14(17)13-12(15)7-8-18-13/h3-9H,15H2,1-2H3,(H,16,17). The molecule has 0 atom stereocenters. The van der Waals surface area contributed by atoms with E-state index in [2.05, 4.69) is 19.2 Å². The molecule has 0 saturated carbocycles. The number of amides is 1. The zero-order valence-electron chi connectivity index (χ0n) is 10.4. The molecule has 1 amide bonds. The highest BCUT2D eigenvalue weighted by atomic mass is 16.3. The summed E-state index contributed by atoms with van der Waals surface area (Å²) < 4.78 is 5.02. The molecule has 0 aliphatic rings. The van der Waals surface area contributed by atoms with E-state index in [1.165, 1.54) is 11.8 Å². The first-order valence-electron chi connectivity index (χ1n) is 5.82. The topological polar surface area (TPSA) is 68.3 Å². The Morgan fingerprint density at radius 1 is 1.22 bits per heavy atom. The summed E-state index contributed by atoms with van der Waals surface area (Å²) in [6, 6.07) is 9.27. The van der Waals surface area contributed by atoms with E-state index < -0.39 is 0 Å². The summed E-state index contributed by atoms with van der Waals surface area (Å²) in [5.74, 6) is 0.271. The molecule has 18 heavy (non-hydrogen) atoms. The summed E-state index contributed by atoms with van der Waals surface area (Å²) in [5.41, 5.74) is 7.89. The third-order valence-corrected chi connectivity index (χ3v) is 2.74. The number of hydrogen-bond donors (Lipinski definition) is 2. The number of benzene rings is 1. The summed E-state index contributed by atoms with van der Waals surface area (Å²) in [7, 11) is 0. The molecule has 0 spiro atoms. The molecular weight excluding hydrogens is 228 g/mol. The van der Waals surface area contributed by atoms with E-state index in [9.17, 15) is 4.79 Å². The molecule has 0 unspecified atom stereocenters. The van der Waals surface area contributed by atoms with Gasteiger partial charge in [-0.05, 0) is 23.6 Å². The number of hydrogen-bond acceptors (Lipinski definition) is 3. The van der Waals surface area contributed by atoms with Crippen molar-refractivity contribution >= 4 is 17.3 Å². The van der Waals surface area contributed by atoms with Crippen molar-refractivity contribution in [1.82, 2.24) is 0 Å². The Balaban J connectivity index is 2.10. The first kappa shape index (κ1) is 12.2. The SMILES string of the molecule is CC(C)c1ccc(NC(=O)c2occc2N)cc1. The van der Waals surface area contributed by atoms with Gasteiger partial charge in [-0.25, -0.2) is 0 Å². The van der Waals surface area contributed by atoms with E-state index in [-0.39, 0.29) is 11.7 Å². The van der Waals surface area contributed by atoms with Crippen molar-refractivity contribution in [2.45, 2.75) is 19.8 Å². The van der Waals surface area contributed by atoms with Gasteiger partial charge >= 0.3 is 0 Å². The van der Waals surface area contributed by atoms with Crippen molar-refractivity contribution in [3.05, 3.63) is 47.9 Å². The van der Waals surface area contributed by atoms with Crippen LogP contribution in [0.4, 0.5) is 11.4 Å². The fraction of sp³-hybridized carbons (Fsp3) is 0.214. The Morgan fingerprint density at radius 2 is 1.89 bits per heavy atom. The van der Waals surface area contributed by atoms with Gasteiger partial charge in [-0.15, -0.1) is 0 Å². The van der Waals surface area contributed by atoms with Gasteiger partial charge in [-0.2, -0.15) is 0 Å². The third-order valence-electron chi connectivity index (χ3n) is 2.74. The lowest BCUT2D eigenvalue weighted by molar-refractivity contribution is 0.0998. The Kier molecular flexibility index (Phi) is 3.37. The third kappa shape index (κ3) is 2.53. The maximum absolute atomic E-state index is 11.8. The van der Waals surface area contributed by atoms with Gasteiger partial charge in [0.25, 0.3) is 5.91 Å². The van der Waals surface area contributed by atoms with Crippen LogP contribution in [0.1, 0.15) is 35.9 Å². The normalized spacial score (nSPS) is 10.6. The molecule has 0 aliphatic carbocycles. The first-order valence-corrected chi connectivity index (χ1v) is 5.82. The Labute approximate surface area is 106 Å². The van der Waals surface area contributed by atoms with Crippen LogP contribution in [0, 0.1) is 0 Å². The zero-order chi connectivity index (χ0) is 13.1. The molecule has 0 bridgehead atoms. The lowest BCUT2D eigenvalue weighted by atomic mass is 10.0. The van der Waals surface area contributed by atoms with Gasteiger partial charge in [0.2, 0.25) is 5.76 Å². The quantitative estimate of drug-likeness (QED) is 0.870. The number of nitrogen functional groups attached to an aromatic ring is 1. The molecule has 3 N–H and O–H groups in total. The summed E-state index contributed by atoms with van der Waals surface area (Å²) in [6.45, 7) is 4.24. The number of carbonyl (C=O) groups is 1. The van der Waals surface area contributed by atoms with Gasteiger partial charge in [-0.1, -0.05) is 26.0 Å². The first-order chi connectivity index (χ1) is 8.58. The fourth-order valence-corrected chi connectivity index (χ4v) is 1.64. The average molecular weight is 244 g/mol. The number of rotatable bonds is 3. The predicted octanol–water partition coefficient (Wildman–Crippen LogP) is 3.24. The van der Waals surface area contributed by atoms with Crippen LogP contribution in [0.2, 0.25) is 0 Å². The molecular formula is C14H16N2O2. The minimum absolute atomic E-state index is 0.142. The molecule has 0 radical (unpaired) electrons. The van der Waals surface area contributed by atoms with E-state index in [0.29, 0.717) is 11.6 Å². The second-order valence-electron chi connectivity index (χ2n) is 4.44. The lowest BCUT2D eigenvalue weighted by Gasteiger charge is -2.07. The maximum atomic E-state index is 11.8. The van der Waals surface area contributed by atoms with Crippen molar-refractivity contribution in [3.63, 3.8) is 0 Å². The molecule has 1 aromatic heterocycles. The highest BCUT2D eigenvalue weighted by Crippen LogP contribution is 2.19. The van der Waals surface area contributed by atoms with Gasteiger partial charge in [0.15, 0.2) is 0 Å². The zero-order valence-corrected chi connectivity index (χ0v) is 10.4. The van der Waals surface area contributed by atoms with Gasteiger partial charge < -0.3 is 15.5 Å². The molecule has 4 nitrogen and oxygen atoms in total. The summed E-state index contributed by atoms with van der Waals surface area (Å²) in [5, 5.41) is 2.74. The van der Waals surface area contributed by atoms with Crippen molar-refractivity contribution in [2.24, 2.45) is 0 Å². The minimum atomic E-state index is -0.338. The van der Waals surface area contributed by atoms with E-state index in [4.69, 9.17) is 10.2 Å². The molecule has 2 aromatic rings. The van der Waals surface area contributed by atoms with Crippen molar-refractivity contribution < 1.29 is 9.21 Å². The van der Waals surface area contributed by atoms with Crippen LogP contribution in [0.25, 0.3) is 0 Å². The van der Waals surface area contributed by atoms with E-state index in [1.807, 2.05) is 24.3 Å². The van der Waals surface area contributed by atoms with Crippen LogP contribution < -0.4 is 11.1 Å². The highest BCUT2D eigenvalue weighted by molar-refractivity contribution is 6.05. The Morgan fingerprint density at radius 3 is 2.39 bits per heavy atom. The van der Waals surface area contributed by atoms with Crippen molar-refractivity contribution in [3.8, 4) is 0 Å². The van der Waals surface area contributed by atoms with E-state index >= 15 is 0 Å². The Bertz CT molecular complexity index is 541. The second-order valence-corrected chi connectivity index (χ2v) is 4.44. The van der Waals surface area contributed by atoms with Gasteiger partial charge in [-0.3, -0.25) is 4.79 Å². The molecule has 0 fully saturated rings. The Hall–Kier alpha value is -2.23. The monoisotopic (exact) mass is 244 g/mol. The van der Waals surface area contributed by atoms with Gasteiger partial charge in [0.05, 0.1) is 12.0 Å². The van der Waals surface area contributed by atoms with Crippen LogP contribution >= 0.6 is 0 Å². The number of nitrogens with two attached hydrogens (primary N) is 1. The van der Waals surface area contributed by atoms with Gasteiger partial charge in [0.1, 0.15) is 0 Å². The molecule has 0 saturated heterocycles. The highest BCUT2D eigenvalue weighted by Gasteiger charge is 2.13. The summed E-state index contributed by atoms with van der Waals surface area (Å²) >= 11 is 0. The van der Waals surface area contributed by atoms with Crippen molar-refractivity contribution in [2.75, 3.05) is 11.1 Å². The number of furan rings is 1. The number of carbonyl (C=O) groups excluding carboxylic acids is 1. The fourth-order valence-electron chi connectivity index (χ4n) is 1.64. The van der Waals surface area contributed by atoms with E-state index in [1.54, 1.807) is 6.07 Å². The number of nitrogens with one attached hydrogen (secondary N) is 1. The largest absolute Gasteiger partial charge is 0.457 e.